The quantitative estimate of drug-likeness (QED) is 0.607. The first-order chi connectivity index (χ1) is 9.65. The molecule has 1 unspecified atom stereocenters. The summed E-state index contributed by atoms with van der Waals surface area (Å²) in [6.45, 7) is 0.972. The SMILES string of the molecule is COC(=O)C1COCCN1C(=O)Cc1nc(CCl)cs1. The molecule has 8 heteroatoms. The summed E-state index contributed by atoms with van der Waals surface area (Å²) in [7, 11) is 1.30. The minimum atomic E-state index is -0.672. The third-order valence-electron chi connectivity index (χ3n) is 2.96. The Morgan fingerprint density at radius 1 is 1.65 bits per heavy atom. The zero-order valence-electron chi connectivity index (χ0n) is 11.0. The Morgan fingerprint density at radius 2 is 2.45 bits per heavy atom. The number of rotatable bonds is 4. The molecule has 2 rings (SSSR count). The van der Waals surface area contributed by atoms with Gasteiger partial charge in [0.25, 0.3) is 0 Å². The number of thiazole rings is 1. The van der Waals surface area contributed by atoms with Crippen LogP contribution in [0, 0.1) is 0 Å². The smallest absolute Gasteiger partial charge is 0.331 e. The lowest BCUT2D eigenvalue weighted by atomic mass is 10.2. The van der Waals surface area contributed by atoms with Gasteiger partial charge in [0.15, 0.2) is 6.04 Å². The Kier molecular flexibility index (Phi) is 5.33. The second-order valence-electron chi connectivity index (χ2n) is 4.24. The van der Waals surface area contributed by atoms with Crippen molar-refractivity contribution in [3.05, 3.63) is 16.1 Å². The van der Waals surface area contributed by atoms with Crippen molar-refractivity contribution in [2.75, 3.05) is 26.9 Å². The summed E-state index contributed by atoms with van der Waals surface area (Å²) < 4.78 is 9.93. The first-order valence-corrected chi connectivity index (χ1v) is 7.51. The van der Waals surface area contributed by atoms with Gasteiger partial charge < -0.3 is 14.4 Å². The van der Waals surface area contributed by atoms with Crippen molar-refractivity contribution in [2.45, 2.75) is 18.3 Å². The van der Waals surface area contributed by atoms with Gasteiger partial charge in [-0.15, -0.1) is 22.9 Å². The highest BCUT2D eigenvalue weighted by molar-refractivity contribution is 7.09. The molecule has 0 aliphatic carbocycles. The van der Waals surface area contributed by atoms with Gasteiger partial charge in [-0.25, -0.2) is 9.78 Å². The van der Waals surface area contributed by atoms with Crippen LogP contribution >= 0.6 is 22.9 Å². The predicted molar refractivity (Wildman–Crippen MR) is 73.7 cm³/mol. The lowest BCUT2D eigenvalue weighted by Crippen LogP contribution is -2.53. The lowest BCUT2D eigenvalue weighted by Gasteiger charge is -2.33. The Balaban J connectivity index is 2.03. The second-order valence-corrected chi connectivity index (χ2v) is 5.45. The number of hydrogen-bond donors (Lipinski definition) is 0. The lowest BCUT2D eigenvalue weighted by molar-refractivity contribution is -0.160. The molecule has 0 radical (unpaired) electrons. The minimum absolute atomic E-state index is 0.154. The number of nitrogens with zero attached hydrogens (tertiary/aromatic N) is 2. The molecular formula is C12H15ClN2O4S. The van der Waals surface area contributed by atoms with Gasteiger partial charge in [-0.05, 0) is 0 Å². The monoisotopic (exact) mass is 318 g/mol. The molecule has 1 aliphatic heterocycles. The van der Waals surface area contributed by atoms with E-state index >= 15 is 0 Å². The molecule has 1 aromatic heterocycles. The topological polar surface area (TPSA) is 68.7 Å². The van der Waals surface area contributed by atoms with Crippen molar-refractivity contribution >= 4 is 34.8 Å². The number of morpholine rings is 1. The maximum absolute atomic E-state index is 12.3. The summed E-state index contributed by atoms with van der Waals surface area (Å²) in [5.74, 6) is -0.287. The Morgan fingerprint density at radius 3 is 3.10 bits per heavy atom. The van der Waals surface area contributed by atoms with E-state index in [0.29, 0.717) is 24.0 Å². The van der Waals surface area contributed by atoms with Crippen LogP contribution in [0.1, 0.15) is 10.7 Å². The average Bonchev–Trinajstić information content (AvgIpc) is 2.94. The van der Waals surface area contributed by atoms with E-state index in [4.69, 9.17) is 21.1 Å². The largest absolute Gasteiger partial charge is 0.467 e. The molecule has 1 amide bonds. The van der Waals surface area contributed by atoms with Crippen LogP contribution in [0.5, 0.6) is 0 Å². The number of aromatic nitrogens is 1. The molecule has 0 spiro atoms. The zero-order chi connectivity index (χ0) is 14.5. The fourth-order valence-electron chi connectivity index (χ4n) is 1.96. The number of esters is 1. The molecule has 0 N–H and O–H groups in total. The van der Waals surface area contributed by atoms with Crippen LogP contribution in [0.4, 0.5) is 0 Å². The van der Waals surface area contributed by atoms with Crippen molar-refractivity contribution in [1.82, 2.24) is 9.88 Å². The van der Waals surface area contributed by atoms with E-state index in [1.165, 1.54) is 23.3 Å². The minimum Gasteiger partial charge on any atom is -0.467 e. The number of carbonyl (C=O) groups excluding carboxylic acids is 2. The maximum Gasteiger partial charge on any atom is 0.331 e. The van der Waals surface area contributed by atoms with Gasteiger partial charge in [0, 0.05) is 11.9 Å². The van der Waals surface area contributed by atoms with E-state index in [1.807, 2.05) is 5.38 Å². The second kappa shape index (κ2) is 7.01. The first kappa shape index (κ1) is 15.2. The van der Waals surface area contributed by atoms with Gasteiger partial charge >= 0.3 is 5.97 Å². The highest BCUT2D eigenvalue weighted by Gasteiger charge is 2.33. The van der Waals surface area contributed by atoms with E-state index in [-0.39, 0.29) is 18.9 Å². The third kappa shape index (κ3) is 3.47. The van der Waals surface area contributed by atoms with Gasteiger partial charge in [0.1, 0.15) is 5.01 Å². The fourth-order valence-corrected chi connectivity index (χ4v) is 2.97. The molecule has 1 aliphatic rings. The molecule has 2 heterocycles. The van der Waals surface area contributed by atoms with Crippen LogP contribution in [0.15, 0.2) is 5.38 Å². The molecule has 1 atom stereocenters. The Hall–Kier alpha value is -1.18. The molecule has 6 nitrogen and oxygen atoms in total. The zero-order valence-corrected chi connectivity index (χ0v) is 12.6. The molecule has 1 fully saturated rings. The van der Waals surface area contributed by atoms with Crippen molar-refractivity contribution in [1.29, 1.82) is 0 Å². The molecule has 0 bridgehead atoms. The first-order valence-electron chi connectivity index (χ1n) is 6.10. The van der Waals surface area contributed by atoms with E-state index in [0.717, 1.165) is 5.69 Å². The third-order valence-corrected chi connectivity index (χ3v) is 4.13. The van der Waals surface area contributed by atoms with Gasteiger partial charge in [0.2, 0.25) is 5.91 Å². The summed E-state index contributed by atoms with van der Waals surface area (Å²) in [6.07, 6.45) is 0.162. The number of hydrogen-bond acceptors (Lipinski definition) is 6. The molecule has 20 heavy (non-hydrogen) atoms. The number of methoxy groups -OCH3 is 1. The highest BCUT2D eigenvalue weighted by atomic mass is 35.5. The summed E-state index contributed by atoms with van der Waals surface area (Å²) in [4.78, 5) is 29.7. The fraction of sp³-hybridized carbons (Fsp3) is 0.583. The van der Waals surface area contributed by atoms with Gasteiger partial charge in [-0.1, -0.05) is 0 Å². The van der Waals surface area contributed by atoms with Crippen LogP contribution in [-0.4, -0.2) is 54.7 Å². The predicted octanol–water partition coefficient (Wildman–Crippen LogP) is 0.825. The summed E-state index contributed by atoms with van der Waals surface area (Å²) in [5.41, 5.74) is 0.756. The highest BCUT2D eigenvalue weighted by Crippen LogP contribution is 2.16. The molecule has 1 aromatic rings. The van der Waals surface area contributed by atoms with Crippen LogP contribution < -0.4 is 0 Å². The number of carbonyl (C=O) groups is 2. The van der Waals surface area contributed by atoms with E-state index < -0.39 is 12.0 Å². The van der Waals surface area contributed by atoms with Gasteiger partial charge in [0.05, 0.1) is 38.3 Å². The van der Waals surface area contributed by atoms with Crippen LogP contribution in [0.2, 0.25) is 0 Å². The summed E-state index contributed by atoms with van der Waals surface area (Å²) >= 11 is 7.07. The number of halogens is 1. The Labute approximate surface area is 125 Å². The molecule has 0 saturated carbocycles. The van der Waals surface area contributed by atoms with Crippen molar-refractivity contribution in [3.63, 3.8) is 0 Å². The van der Waals surface area contributed by atoms with E-state index in [2.05, 4.69) is 4.98 Å². The van der Waals surface area contributed by atoms with Crippen LogP contribution in [0.3, 0.4) is 0 Å². The number of amides is 1. The molecule has 0 aromatic carbocycles. The number of alkyl halides is 1. The van der Waals surface area contributed by atoms with Crippen LogP contribution in [0.25, 0.3) is 0 Å². The number of ether oxygens (including phenoxy) is 2. The summed E-state index contributed by atoms with van der Waals surface area (Å²) in [5, 5.41) is 2.52. The van der Waals surface area contributed by atoms with Crippen molar-refractivity contribution < 1.29 is 19.1 Å². The Bertz CT molecular complexity index is 494. The molecular weight excluding hydrogens is 304 g/mol. The van der Waals surface area contributed by atoms with Crippen molar-refractivity contribution in [3.8, 4) is 0 Å². The molecule has 110 valence electrons. The van der Waals surface area contributed by atoms with Crippen LogP contribution in [-0.2, 0) is 31.4 Å². The standard InChI is InChI=1S/C12H15ClN2O4S/c1-18-12(17)9-6-19-3-2-15(9)11(16)4-10-14-8(5-13)7-20-10/h7,9H,2-6H2,1H3. The normalized spacial score (nSPS) is 18.9. The maximum atomic E-state index is 12.3. The average molecular weight is 319 g/mol. The molecule has 1 saturated heterocycles. The van der Waals surface area contributed by atoms with Gasteiger partial charge in [-0.2, -0.15) is 0 Å². The summed E-state index contributed by atoms with van der Waals surface area (Å²) in [6, 6.07) is -0.672. The van der Waals surface area contributed by atoms with Gasteiger partial charge in [-0.3, -0.25) is 4.79 Å². The van der Waals surface area contributed by atoms with Crippen molar-refractivity contribution in [2.24, 2.45) is 0 Å². The van der Waals surface area contributed by atoms with E-state index in [9.17, 15) is 9.59 Å². The van der Waals surface area contributed by atoms with E-state index in [1.54, 1.807) is 0 Å².